The van der Waals surface area contributed by atoms with E-state index in [-0.39, 0.29) is 5.82 Å². The van der Waals surface area contributed by atoms with Crippen molar-refractivity contribution in [1.29, 1.82) is 0 Å². The molecule has 4 N–H and O–H groups in total. The number of nitrogens with zero attached hydrogens (tertiary/aromatic N) is 1. The fraction of sp³-hybridized carbons (Fsp3) is 0.600. The molecule has 16 heavy (non-hydrogen) atoms. The van der Waals surface area contributed by atoms with Crippen LogP contribution in [0.2, 0.25) is 0 Å². The number of nitrogens with two attached hydrogens (primary N) is 1. The molecular formula is C10H16N4O2. The van der Waals surface area contributed by atoms with Crippen molar-refractivity contribution in [2.24, 2.45) is 0 Å². The van der Waals surface area contributed by atoms with Gasteiger partial charge in [-0.3, -0.25) is 14.3 Å². The highest BCUT2D eigenvalue weighted by Crippen LogP contribution is 2.25. The molecule has 6 nitrogen and oxygen atoms in total. The van der Waals surface area contributed by atoms with Crippen LogP contribution in [0.4, 0.5) is 11.5 Å². The van der Waals surface area contributed by atoms with Crippen LogP contribution in [-0.4, -0.2) is 15.6 Å². The van der Waals surface area contributed by atoms with Gasteiger partial charge in [0.15, 0.2) is 0 Å². The fourth-order valence-corrected chi connectivity index (χ4v) is 1.60. The Morgan fingerprint density at radius 1 is 1.50 bits per heavy atom. The van der Waals surface area contributed by atoms with E-state index in [0.29, 0.717) is 18.3 Å². The molecule has 1 aromatic rings. The molecule has 0 aromatic carbocycles. The van der Waals surface area contributed by atoms with Crippen LogP contribution >= 0.6 is 0 Å². The van der Waals surface area contributed by atoms with Gasteiger partial charge in [-0.2, -0.15) is 0 Å². The zero-order valence-electron chi connectivity index (χ0n) is 9.25. The second-order valence-electron chi connectivity index (χ2n) is 4.09. The number of aromatic amines is 1. The van der Waals surface area contributed by atoms with Crippen LogP contribution in [0.1, 0.15) is 26.2 Å². The summed E-state index contributed by atoms with van der Waals surface area (Å²) in [6, 6.07) is 0.330. The van der Waals surface area contributed by atoms with E-state index in [9.17, 15) is 9.59 Å². The molecule has 0 saturated heterocycles. The quantitative estimate of drug-likeness (QED) is 0.676. The van der Waals surface area contributed by atoms with E-state index >= 15 is 0 Å². The maximum absolute atomic E-state index is 11.6. The van der Waals surface area contributed by atoms with Crippen LogP contribution in [0.15, 0.2) is 9.59 Å². The largest absolute Gasteiger partial charge is 0.383 e. The molecule has 1 heterocycles. The number of nitrogen functional groups attached to an aromatic ring is 1. The molecule has 0 aliphatic heterocycles. The lowest BCUT2D eigenvalue weighted by Gasteiger charge is -2.12. The van der Waals surface area contributed by atoms with E-state index in [1.54, 1.807) is 0 Å². The van der Waals surface area contributed by atoms with Crippen molar-refractivity contribution in [3.63, 3.8) is 0 Å². The van der Waals surface area contributed by atoms with Gasteiger partial charge in [0.1, 0.15) is 11.5 Å². The Labute approximate surface area is 92.5 Å². The molecular weight excluding hydrogens is 208 g/mol. The molecule has 1 aromatic heterocycles. The van der Waals surface area contributed by atoms with Gasteiger partial charge in [-0.15, -0.1) is 0 Å². The van der Waals surface area contributed by atoms with Gasteiger partial charge in [0.25, 0.3) is 5.56 Å². The Kier molecular flexibility index (Phi) is 2.72. The molecule has 1 saturated carbocycles. The van der Waals surface area contributed by atoms with Crippen molar-refractivity contribution in [1.82, 2.24) is 9.55 Å². The van der Waals surface area contributed by atoms with Crippen molar-refractivity contribution < 1.29 is 0 Å². The van der Waals surface area contributed by atoms with Gasteiger partial charge < -0.3 is 11.1 Å². The Morgan fingerprint density at radius 3 is 2.75 bits per heavy atom. The van der Waals surface area contributed by atoms with Gasteiger partial charge in [0.05, 0.1) is 0 Å². The lowest BCUT2D eigenvalue weighted by molar-refractivity contribution is 0.642. The number of rotatable bonds is 4. The van der Waals surface area contributed by atoms with E-state index in [2.05, 4.69) is 10.3 Å². The molecule has 0 amide bonds. The molecule has 1 aliphatic carbocycles. The Morgan fingerprint density at radius 2 is 2.19 bits per heavy atom. The topological polar surface area (TPSA) is 92.9 Å². The summed E-state index contributed by atoms with van der Waals surface area (Å²) < 4.78 is 1.39. The number of aromatic nitrogens is 2. The zero-order chi connectivity index (χ0) is 11.7. The van der Waals surface area contributed by atoms with Gasteiger partial charge in [0, 0.05) is 12.6 Å². The highest BCUT2D eigenvalue weighted by molar-refractivity contribution is 5.61. The maximum Gasteiger partial charge on any atom is 0.330 e. The van der Waals surface area contributed by atoms with Crippen molar-refractivity contribution >= 4 is 11.5 Å². The normalized spacial score (nSPS) is 15.1. The first-order valence-electron chi connectivity index (χ1n) is 5.52. The number of nitrogens with one attached hydrogen (secondary N) is 2. The van der Waals surface area contributed by atoms with E-state index in [1.165, 1.54) is 4.57 Å². The first kappa shape index (κ1) is 10.8. The van der Waals surface area contributed by atoms with Crippen LogP contribution in [0.3, 0.4) is 0 Å². The average molecular weight is 224 g/mol. The summed E-state index contributed by atoms with van der Waals surface area (Å²) in [5.41, 5.74) is 5.29. The van der Waals surface area contributed by atoms with E-state index in [4.69, 9.17) is 5.73 Å². The van der Waals surface area contributed by atoms with Crippen LogP contribution in [0, 0.1) is 0 Å². The second kappa shape index (κ2) is 4.03. The van der Waals surface area contributed by atoms with Crippen molar-refractivity contribution in [3.05, 3.63) is 20.8 Å². The third-order valence-corrected chi connectivity index (χ3v) is 2.61. The minimum Gasteiger partial charge on any atom is -0.383 e. The Hall–Kier alpha value is -1.72. The second-order valence-corrected chi connectivity index (χ2v) is 4.09. The van der Waals surface area contributed by atoms with Crippen molar-refractivity contribution in [2.75, 3.05) is 11.1 Å². The number of hydrogen-bond donors (Lipinski definition) is 3. The summed E-state index contributed by atoms with van der Waals surface area (Å²) >= 11 is 0. The molecule has 0 unspecified atom stereocenters. The molecule has 0 spiro atoms. The SMILES string of the molecule is CCCn1c(N)c(NC2CC2)c(=O)[nH]c1=O. The predicted octanol–water partition coefficient (Wildman–Crippen LogP) is 0.103. The highest BCUT2D eigenvalue weighted by atomic mass is 16.2. The molecule has 1 aliphatic rings. The fourth-order valence-electron chi connectivity index (χ4n) is 1.60. The van der Waals surface area contributed by atoms with Gasteiger partial charge >= 0.3 is 5.69 Å². The monoisotopic (exact) mass is 224 g/mol. The van der Waals surface area contributed by atoms with Crippen LogP contribution in [0.5, 0.6) is 0 Å². The minimum atomic E-state index is -0.439. The summed E-state index contributed by atoms with van der Waals surface area (Å²) in [4.78, 5) is 25.3. The smallest absolute Gasteiger partial charge is 0.330 e. The van der Waals surface area contributed by atoms with Gasteiger partial charge in [0.2, 0.25) is 0 Å². The molecule has 0 atom stereocenters. The number of anilines is 2. The molecule has 1 fully saturated rings. The molecule has 0 radical (unpaired) electrons. The van der Waals surface area contributed by atoms with Gasteiger partial charge in [-0.05, 0) is 19.3 Å². The maximum atomic E-state index is 11.6. The average Bonchev–Trinajstić information content (AvgIpc) is 3.03. The van der Waals surface area contributed by atoms with Crippen LogP contribution in [-0.2, 0) is 6.54 Å². The summed E-state index contributed by atoms with van der Waals surface area (Å²) in [6.07, 6.45) is 2.89. The predicted molar refractivity (Wildman–Crippen MR) is 62.7 cm³/mol. The van der Waals surface area contributed by atoms with Gasteiger partial charge in [-0.1, -0.05) is 6.92 Å². The highest BCUT2D eigenvalue weighted by Gasteiger charge is 2.24. The van der Waals surface area contributed by atoms with E-state index < -0.39 is 11.2 Å². The summed E-state index contributed by atoms with van der Waals surface area (Å²) in [7, 11) is 0. The van der Waals surface area contributed by atoms with E-state index in [0.717, 1.165) is 19.3 Å². The lowest BCUT2D eigenvalue weighted by atomic mass is 10.4. The lowest BCUT2D eigenvalue weighted by Crippen LogP contribution is -2.34. The summed E-state index contributed by atoms with van der Waals surface area (Å²) in [5, 5.41) is 3.05. The van der Waals surface area contributed by atoms with E-state index in [1.807, 2.05) is 6.92 Å². The Balaban J connectivity index is 2.45. The molecule has 2 rings (SSSR count). The molecule has 88 valence electrons. The molecule has 0 bridgehead atoms. The third kappa shape index (κ3) is 1.95. The van der Waals surface area contributed by atoms with Crippen molar-refractivity contribution in [2.45, 2.75) is 38.8 Å². The van der Waals surface area contributed by atoms with Crippen molar-refractivity contribution in [3.8, 4) is 0 Å². The zero-order valence-corrected chi connectivity index (χ0v) is 9.25. The molecule has 6 heteroatoms. The summed E-state index contributed by atoms with van der Waals surface area (Å²) in [5.74, 6) is 0.238. The van der Waals surface area contributed by atoms with Gasteiger partial charge in [-0.25, -0.2) is 4.79 Å². The van der Waals surface area contributed by atoms with Crippen LogP contribution in [0.25, 0.3) is 0 Å². The first-order chi connectivity index (χ1) is 7.63. The first-order valence-corrected chi connectivity index (χ1v) is 5.52. The Bertz CT molecular complexity index is 499. The standard InChI is InChI=1S/C10H16N4O2/c1-2-5-14-8(11)7(12-6-3-4-6)9(15)13-10(14)16/h6,12H,2-5,11H2,1H3,(H,13,15,16). The minimum absolute atomic E-state index is 0.238. The third-order valence-electron chi connectivity index (χ3n) is 2.61. The number of hydrogen-bond acceptors (Lipinski definition) is 4. The number of H-pyrrole nitrogens is 1. The summed E-state index contributed by atoms with van der Waals surface area (Å²) in [6.45, 7) is 2.46. The van der Waals surface area contributed by atoms with Crippen LogP contribution < -0.4 is 22.3 Å².